The second-order valence-electron chi connectivity index (χ2n) is 6.38. The van der Waals surface area contributed by atoms with Crippen LogP contribution in [0.4, 0.5) is 0 Å². The quantitative estimate of drug-likeness (QED) is 0.688. The predicted molar refractivity (Wildman–Crippen MR) is 104 cm³/mol. The Bertz CT molecular complexity index is 827. The monoisotopic (exact) mass is 363 g/mol. The van der Waals surface area contributed by atoms with Crippen molar-refractivity contribution in [3.8, 4) is 0 Å². The summed E-state index contributed by atoms with van der Waals surface area (Å²) in [7, 11) is 2.20. The number of benzene rings is 1. The first kappa shape index (κ1) is 18.8. The number of aromatic nitrogens is 2. The van der Waals surface area contributed by atoms with Gasteiger partial charge >= 0.3 is 0 Å². The molecule has 0 saturated heterocycles. The average molecular weight is 364 g/mol. The summed E-state index contributed by atoms with van der Waals surface area (Å²) >= 11 is 0. The minimum absolute atomic E-state index is 0. The Balaban J connectivity index is 0.00000104. The van der Waals surface area contributed by atoms with Gasteiger partial charge < -0.3 is 4.57 Å². The number of aryl methyl sites for hydroxylation is 3. The van der Waals surface area contributed by atoms with Crippen molar-refractivity contribution in [2.45, 2.75) is 33.0 Å². The van der Waals surface area contributed by atoms with E-state index < -0.39 is 0 Å². The molecule has 2 aromatic heterocycles. The highest BCUT2D eigenvalue weighted by molar-refractivity contribution is 5.87. The van der Waals surface area contributed by atoms with Crippen molar-refractivity contribution in [3.63, 3.8) is 0 Å². The standard InChI is InChI=1S/C19H21N3.2ClH/c1-14-3-4-18-16(11-14)17-12-21(2)13-19(17)22(18)10-7-15-5-8-20-9-6-15;;/h3-6,8-9,11H,7,10,12-13H2,1-2H3;2*1H. The lowest BCUT2D eigenvalue weighted by atomic mass is 10.1. The maximum absolute atomic E-state index is 4.10. The van der Waals surface area contributed by atoms with Crippen molar-refractivity contribution in [2.24, 2.45) is 0 Å². The fraction of sp³-hybridized carbons (Fsp3) is 0.316. The molecule has 128 valence electrons. The summed E-state index contributed by atoms with van der Waals surface area (Å²) in [4.78, 5) is 6.50. The number of nitrogens with zero attached hydrogens (tertiary/aromatic N) is 3. The zero-order chi connectivity index (χ0) is 15.1. The highest BCUT2D eigenvalue weighted by Gasteiger charge is 2.24. The summed E-state index contributed by atoms with van der Waals surface area (Å²) in [5.41, 5.74) is 7.10. The molecular weight excluding hydrogens is 341 g/mol. The van der Waals surface area contributed by atoms with Gasteiger partial charge in [0.05, 0.1) is 0 Å². The van der Waals surface area contributed by atoms with Gasteiger partial charge in [0.15, 0.2) is 0 Å². The molecule has 1 aromatic carbocycles. The van der Waals surface area contributed by atoms with E-state index in [-0.39, 0.29) is 24.8 Å². The van der Waals surface area contributed by atoms with Gasteiger partial charge in [-0.15, -0.1) is 24.8 Å². The van der Waals surface area contributed by atoms with E-state index in [1.165, 1.54) is 33.3 Å². The summed E-state index contributed by atoms with van der Waals surface area (Å²) in [5.74, 6) is 0. The van der Waals surface area contributed by atoms with Crippen LogP contribution in [0, 0.1) is 6.92 Å². The summed E-state index contributed by atoms with van der Waals surface area (Å²) in [6.07, 6.45) is 4.81. The molecule has 0 N–H and O–H groups in total. The van der Waals surface area contributed by atoms with Crippen molar-refractivity contribution in [1.82, 2.24) is 14.5 Å². The zero-order valence-electron chi connectivity index (χ0n) is 14.0. The number of halogens is 2. The molecule has 3 nitrogen and oxygen atoms in total. The summed E-state index contributed by atoms with van der Waals surface area (Å²) in [5, 5.41) is 1.44. The smallest absolute Gasteiger partial charge is 0.0486 e. The maximum Gasteiger partial charge on any atom is 0.0486 e. The van der Waals surface area contributed by atoms with E-state index >= 15 is 0 Å². The number of pyridine rings is 1. The molecule has 0 radical (unpaired) electrons. The van der Waals surface area contributed by atoms with Crippen LogP contribution in [0.3, 0.4) is 0 Å². The first-order valence-corrected chi connectivity index (χ1v) is 7.90. The minimum atomic E-state index is 0. The lowest BCUT2D eigenvalue weighted by molar-refractivity contribution is 0.347. The van der Waals surface area contributed by atoms with Crippen LogP contribution in [-0.4, -0.2) is 21.5 Å². The molecule has 0 unspecified atom stereocenters. The third kappa shape index (κ3) is 3.30. The van der Waals surface area contributed by atoms with Crippen LogP contribution in [0.5, 0.6) is 0 Å². The Hall–Kier alpha value is -1.55. The van der Waals surface area contributed by atoms with Gasteiger partial charge in [0, 0.05) is 48.6 Å². The van der Waals surface area contributed by atoms with Crippen molar-refractivity contribution < 1.29 is 0 Å². The van der Waals surface area contributed by atoms with Crippen LogP contribution >= 0.6 is 24.8 Å². The Morgan fingerprint density at radius 3 is 2.54 bits per heavy atom. The summed E-state index contributed by atoms with van der Waals surface area (Å²) in [6, 6.07) is 11.1. The Kier molecular flexibility index (Phi) is 5.92. The first-order valence-electron chi connectivity index (χ1n) is 7.90. The average Bonchev–Trinajstić information content (AvgIpc) is 3.02. The van der Waals surface area contributed by atoms with E-state index in [0.29, 0.717) is 0 Å². The normalized spacial score (nSPS) is 13.4. The van der Waals surface area contributed by atoms with Gasteiger partial charge in [-0.2, -0.15) is 0 Å². The number of fused-ring (bicyclic) bond motifs is 3. The fourth-order valence-electron chi connectivity index (χ4n) is 3.58. The third-order valence-corrected chi connectivity index (χ3v) is 4.66. The van der Waals surface area contributed by atoms with E-state index in [2.05, 4.69) is 58.8 Å². The zero-order valence-corrected chi connectivity index (χ0v) is 15.7. The molecule has 0 amide bonds. The van der Waals surface area contributed by atoms with Crippen LogP contribution in [0.1, 0.15) is 22.4 Å². The number of hydrogen-bond donors (Lipinski definition) is 0. The van der Waals surface area contributed by atoms with Crippen LogP contribution in [0.15, 0.2) is 42.7 Å². The third-order valence-electron chi connectivity index (χ3n) is 4.66. The molecule has 0 spiro atoms. The fourth-order valence-corrected chi connectivity index (χ4v) is 3.58. The van der Waals surface area contributed by atoms with Crippen LogP contribution in [0.25, 0.3) is 10.9 Å². The summed E-state index contributed by atoms with van der Waals surface area (Å²) in [6.45, 7) is 5.34. The number of hydrogen-bond acceptors (Lipinski definition) is 2. The molecule has 4 rings (SSSR count). The largest absolute Gasteiger partial charge is 0.343 e. The highest BCUT2D eigenvalue weighted by Crippen LogP contribution is 2.33. The molecule has 3 aromatic rings. The van der Waals surface area contributed by atoms with Gasteiger partial charge in [-0.25, -0.2) is 0 Å². The van der Waals surface area contributed by atoms with Crippen molar-refractivity contribution >= 4 is 35.7 Å². The molecule has 1 aliphatic heterocycles. The van der Waals surface area contributed by atoms with E-state index in [9.17, 15) is 0 Å². The van der Waals surface area contributed by atoms with E-state index in [4.69, 9.17) is 0 Å². The predicted octanol–water partition coefficient (Wildman–Crippen LogP) is 4.38. The van der Waals surface area contributed by atoms with Crippen molar-refractivity contribution in [3.05, 3.63) is 65.1 Å². The highest BCUT2D eigenvalue weighted by atomic mass is 35.5. The molecular formula is C19H23Cl2N3. The Morgan fingerprint density at radius 2 is 1.79 bits per heavy atom. The van der Waals surface area contributed by atoms with Gasteiger partial charge in [-0.1, -0.05) is 11.6 Å². The van der Waals surface area contributed by atoms with E-state index in [1.807, 2.05) is 12.4 Å². The molecule has 3 heterocycles. The molecule has 24 heavy (non-hydrogen) atoms. The molecule has 0 bridgehead atoms. The number of rotatable bonds is 3. The first-order chi connectivity index (χ1) is 10.7. The molecule has 0 aliphatic carbocycles. The summed E-state index contributed by atoms with van der Waals surface area (Å²) < 4.78 is 2.52. The maximum atomic E-state index is 4.10. The van der Waals surface area contributed by atoms with Gasteiger partial charge in [-0.05, 0) is 55.8 Å². The molecule has 5 heteroatoms. The SMILES string of the molecule is Cc1ccc2c(c1)c1c(n2CCc2ccncc2)CN(C)C1.Cl.Cl. The van der Waals surface area contributed by atoms with Crippen molar-refractivity contribution in [2.75, 3.05) is 7.05 Å². The van der Waals surface area contributed by atoms with Crippen LogP contribution < -0.4 is 0 Å². The van der Waals surface area contributed by atoms with E-state index in [0.717, 1.165) is 26.1 Å². The van der Waals surface area contributed by atoms with Gasteiger partial charge in [0.25, 0.3) is 0 Å². The molecule has 0 saturated carbocycles. The van der Waals surface area contributed by atoms with Crippen LogP contribution in [0.2, 0.25) is 0 Å². The minimum Gasteiger partial charge on any atom is -0.343 e. The van der Waals surface area contributed by atoms with Gasteiger partial charge in [0.2, 0.25) is 0 Å². The van der Waals surface area contributed by atoms with E-state index in [1.54, 1.807) is 0 Å². The van der Waals surface area contributed by atoms with Gasteiger partial charge in [-0.3, -0.25) is 9.88 Å². The van der Waals surface area contributed by atoms with Gasteiger partial charge in [0.1, 0.15) is 0 Å². The second-order valence-corrected chi connectivity index (χ2v) is 6.38. The topological polar surface area (TPSA) is 21.1 Å². The second kappa shape index (κ2) is 7.56. The van der Waals surface area contributed by atoms with Crippen molar-refractivity contribution in [1.29, 1.82) is 0 Å². The lowest BCUT2D eigenvalue weighted by Gasteiger charge is -2.12. The molecule has 0 fully saturated rings. The Morgan fingerprint density at radius 1 is 1.04 bits per heavy atom. The Labute approximate surface area is 155 Å². The molecule has 1 aliphatic rings. The van der Waals surface area contributed by atoms with Crippen LogP contribution in [-0.2, 0) is 26.1 Å². The molecule has 0 atom stereocenters. The lowest BCUT2D eigenvalue weighted by Crippen LogP contribution is -2.12.